The number of anilines is 1. The topological polar surface area (TPSA) is 66.8 Å². The molecule has 0 bridgehead atoms. The van der Waals surface area contributed by atoms with Crippen LogP contribution in [0.5, 0.6) is 5.75 Å². The van der Waals surface area contributed by atoms with Crippen molar-refractivity contribution in [2.24, 2.45) is 0 Å². The summed E-state index contributed by atoms with van der Waals surface area (Å²) in [4.78, 5) is 25.8. The summed E-state index contributed by atoms with van der Waals surface area (Å²) in [6.45, 7) is 1.85. The summed E-state index contributed by atoms with van der Waals surface area (Å²) >= 11 is 6.02. The minimum Gasteiger partial charge on any atom is -0.492 e. The molecule has 2 aromatic rings. The van der Waals surface area contributed by atoms with Gasteiger partial charge in [-0.15, -0.1) is 0 Å². The van der Waals surface area contributed by atoms with Gasteiger partial charge in [-0.05, 0) is 37.3 Å². The second-order valence-electron chi connectivity index (χ2n) is 6.02. The molecular formula is C19H18ClNO4. The fourth-order valence-electron chi connectivity index (χ4n) is 3.05. The molecule has 130 valence electrons. The van der Waals surface area contributed by atoms with E-state index in [9.17, 15) is 14.7 Å². The number of ketones is 1. The Balaban J connectivity index is 1.83. The molecule has 0 radical (unpaired) electrons. The zero-order valence-electron chi connectivity index (χ0n) is 13.7. The maximum atomic E-state index is 12.8. The molecule has 1 heterocycles. The third-order valence-corrected chi connectivity index (χ3v) is 4.36. The first-order chi connectivity index (χ1) is 11.9. The first-order valence-corrected chi connectivity index (χ1v) is 8.31. The van der Waals surface area contributed by atoms with E-state index in [2.05, 4.69) is 0 Å². The second kappa shape index (κ2) is 6.86. The van der Waals surface area contributed by atoms with E-state index in [-0.39, 0.29) is 25.4 Å². The van der Waals surface area contributed by atoms with Gasteiger partial charge in [0.05, 0.1) is 12.2 Å². The summed E-state index contributed by atoms with van der Waals surface area (Å²) in [7, 11) is 0. The van der Waals surface area contributed by atoms with Crippen molar-refractivity contribution in [1.29, 1.82) is 0 Å². The number of carbonyl (C=O) groups excluding carboxylic acids is 2. The Labute approximate surface area is 150 Å². The van der Waals surface area contributed by atoms with Gasteiger partial charge in [-0.1, -0.05) is 29.8 Å². The first-order valence-electron chi connectivity index (χ1n) is 7.93. The molecule has 1 aliphatic rings. The van der Waals surface area contributed by atoms with Crippen LogP contribution in [0.25, 0.3) is 0 Å². The predicted molar refractivity (Wildman–Crippen MR) is 94.9 cm³/mol. The molecule has 6 heteroatoms. The fraction of sp³-hybridized carbons (Fsp3) is 0.263. The van der Waals surface area contributed by atoms with Crippen molar-refractivity contribution >= 4 is 29.0 Å². The Hall–Kier alpha value is -2.37. The standard InChI is InChI=1S/C19H18ClNO4/c1-13(22)12-19(24)16-11-14(20)7-8-17(16)21(18(19)23)9-10-25-15-5-3-2-4-6-15/h2-8,11,24H,9-10,12H2,1H3/t19-/m0/s1. The summed E-state index contributed by atoms with van der Waals surface area (Å²) in [6.07, 6.45) is -0.283. The summed E-state index contributed by atoms with van der Waals surface area (Å²) in [5, 5.41) is 11.3. The third-order valence-electron chi connectivity index (χ3n) is 4.13. The number of hydrogen-bond donors (Lipinski definition) is 1. The summed E-state index contributed by atoms with van der Waals surface area (Å²) in [5.74, 6) is -0.106. The molecular weight excluding hydrogens is 342 g/mol. The Bertz CT molecular complexity index is 808. The van der Waals surface area contributed by atoms with Gasteiger partial charge in [0.2, 0.25) is 0 Å². The van der Waals surface area contributed by atoms with E-state index in [4.69, 9.17) is 16.3 Å². The minimum atomic E-state index is -1.88. The molecule has 1 atom stereocenters. The molecule has 0 saturated heterocycles. The molecule has 0 spiro atoms. The number of ether oxygens (including phenoxy) is 1. The van der Waals surface area contributed by atoms with Gasteiger partial charge in [-0.2, -0.15) is 0 Å². The van der Waals surface area contributed by atoms with Gasteiger partial charge in [0.1, 0.15) is 18.1 Å². The number of halogens is 1. The van der Waals surface area contributed by atoms with Crippen molar-refractivity contribution in [3.8, 4) is 5.75 Å². The monoisotopic (exact) mass is 359 g/mol. The Morgan fingerprint density at radius 1 is 1.24 bits per heavy atom. The normalized spacial score (nSPS) is 19.0. The van der Waals surface area contributed by atoms with E-state index < -0.39 is 11.5 Å². The van der Waals surface area contributed by atoms with Crippen LogP contribution < -0.4 is 9.64 Å². The predicted octanol–water partition coefficient (Wildman–Crippen LogP) is 2.93. The summed E-state index contributed by atoms with van der Waals surface area (Å²) in [5.41, 5.74) is -0.964. The zero-order chi connectivity index (χ0) is 18.0. The van der Waals surface area contributed by atoms with Gasteiger partial charge in [0.15, 0.2) is 5.60 Å². The van der Waals surface area contributed by atoms with Gasteiger partial charge in [-0.3, -0.25) is 9.59 Å². The third kappa shape index (κ3) is 3.38. The second-order valence-corrected chi connectivity index (χ2v) is 6.46. The van der Waals surface area contributed by atoms with Crippen LogP contribution in [0.15, 0.2) is 48.5 Å². The lowest BCUT2D eigenvalue weighted by Crippen LogP contribution is -2.43. The van der Waals surface area contributed by atoms with E-state index in [1.165, 1.54) is 17.9 Å². The van der Waals surface area contributed by atoms with Crippen LogP contribution in [-0.2, 0) is 15.2 Å². The van der Waals surface area contributed by atoms with Crippen LogP contribution >= 0.6 is 11.6 Å². The number of amides is 1. The van der Waals surface area contributed by atoms with Crippen molar-refractivity contribution in [2.45, 2.75) is 18.9 Å². The highest BCUT2D eigenvalue weighted by atomic mass is 35.5. The molecule has 5 nitrogen and oxygen atoms in total. The minimum absolute atomic E-state index is 0.253. The molecule has 1 N–H and O–H groups in total. The number of rotatable bonds is 6. The number of nitrogens with zero attached hydrogens (tertiary/aromatic N) is 1. The molecule has 0 saturated carbocycles. The average Bonchev–Trinajstić information content (AvgIpc) is 2.77. The van der Waals surface area contributed by atoms with Crippen LogP contribution in [-0.4, -0.2) is 29.9 Å². The number of para-hydroxylation sites is 1. The van der Waals surface area contributed by atoms with E-state index >= 15 is 0 Å². The maximum Gasteiger partial charge on any atom is 0.264 e. The lowest BCUT2D eigenvalue weighted by molar-refractivity contribution is -0.141. The molecule has 0 fully saturated rings. The molecule has 0 unspecified atom stereocenters. The molecule has 0 aliphatic carbocycles. The van der Waals surface area contributed by atoms with Crippen LogP contribution in [0.3, 0.4) is 0 Å². The van der Waals surface area contributed by atoms with Crippen molar-refractivity contribution in [3.05, 3.63) is 59.1 Å². The van der Waals surface area contributed by atoms with E-state index in [0.717, 1.165) is 0 Å². The highest BCUT2D eigenvalue weighted by molar-refractivity contribution is 6.31. The van der Waals surface area contributed by atoms with Crippen LogP contribution in [0.4, 0.5) is 5.69 Å². The smallest absolute Gasteiger partial charge is 0.264 e. The molecule has 3 rings (SSSR count). The number of carbonyl (C=O) groups is 2. The van der Waals surface area contributed by atoms with Gasteiger partial charge >= 0.3 is 0 Å². The van der Waals surface area contributed by atoms with E-state index in [1.54, 1.807) is 12.1 Å². The highest BCUT2D eigenvalue weighted by Crippen LogP contribution is 2.43. The number of Topliss-reactive ketones (excluding diaryl/α,β-unsaturated/α-hetero) is 1. The van der Waals surface area contributed by atoms with E-state index in [0.29, 0.717) is 22.0 Å². The van der Waals surface area contributed by atoms with Gasteiger partial charge < -0.3 is 14.7 Å². The average molecular weight is 360 g/mol. The lowest BCUT2D eigenvalue weighted by Gasteiger charge is -2.22. The van der Waals surface area contributed by atoms with Crippen molar-refractivity contribution < 1.29 is 19.4 Å². The number of benzene rings is 2. The van der Waals surface area contributed by atoms with Gasteiger partial charge in [-0.25, -0.2) is 0 Å². The quantitative estimate of drug-likeness (QED) is 0.861. The van der Waals surface area contributed by atoms with E-state index in [1.807, 2.05) is 30.3 Å². The largest absolute Gasteiger partial charge is 0.492 e. The molecule has 1 amide bonds. The van der Waals surface area contributed by atoms with Crippen molar-refractivity contribution in [2.75, 3.05) is 18.1 Å². The Kier molecular flexibility index (Phi) is 4.79. The molecule has 25 heavy (non-hydrogen) atoms. The van der Waals surface area contributed by atoms with Gasteiger partial charge in [0, 0.05) is 17.0 Å². The Morgan fingerprint density at radius 3 is 2.64 bits per heavy atom. The molecule has 0 aromatic heterocycles. The zero-order valence-corrected chi connectivity index (χ0v) is 14.5. The van der Waals surface area contributed by atoms with Crippen LogP contribution in [0, 0.1) is 0 Å². The Morgan fingerprint density at radius 2 is 1.96 bits per heavy atom. The summed E-state index contributed by atoms with van der Waals surface area (Å²) in [6, 6.07) is 14.1. The molecule has 2 aromatic carbocycles. The highest BCUT2D eigenvalue weighted by Gasteiger charge is 2.50. The lowest BCUT2D eigenvalue weighted by atomic mass is 9.90. The van der Waals surface area contributed by atoms with Gasteiger partial charge in [0.25, 0.3) is 5.91 Å². The number of fused-ring (bicyclic) bond motifs is 1. The van der Waals surface area contributed by atoms with Crippen molar-refractivity contribution in [3.63, 3.8) is 0 Å². The van der Waals surface area contributed by atoms with Crippen LogP contribution in [0.1, 0.15) is 18.9 Å². The van der Waals surface area contributed by atoms with Crippen LogP contribution in [0.2, 0.25) is 5.02 Å². The first kappa shape index (κ1) is 17.5. The molecule has 1 aliphatic heterocycles. The fourth-order valence-corrected chi connectivity index (χ4v) is 3.22. The number of hydrogen-bond acceptors (Lipinski definition) is 4. The number of aliphatic hydroxyl groups is 1. The maximum absolute atomic E-state index is 12.8. The summed E-state index contributed by atoms with van der Waals surface area (Å²) < 4.78 is 5.64. The van der Waals surface area contributed by atoms with Crippen molar-refractivity contribution in [1.82, 2.24) is 0 Å². The SMILES string of the molecule is CC(=O)C[C@@]1(O)C(=O)N(CCOc2ccccc2)c2ccc(Cl)cc21.